The second-order valence-corrected chi connectivity index (χ2v) is 9.93. The number of benzene rings is 3. The Kier molecular flexibility index (Phi) is 6.75. The highest BCUT2D eigenvalue weighted by Crippen LogP contribution is 2.32. The van der Waals surface area contributed by atoms with Crippen LogP contribution in [0.25, 0.3) is 22.2 Å². The average Bonchev–Trinajstić information content (AvgIpc) is 3.14. The number of halogens is 3. The van der Waals surface area contributed by atoms with Crippen molar-refractivity contribution in [3.8, 4) is 11.1 Å². The van der Waals surface area contributed by atoms with E-state index in [2.05, 4.69) is 11.5 Å². The van der Waals surface area contributed by atoms with Gasteiger partial charge in [0, 0.05) is 24.2 Å². The molecule has 0 aliphatic rings. The summed E-state index contributed by atoms with van der Waals surface area (Å²) in [6.07, 6.45) is 2.87. The summed E-state index contributed by atoms with van der Waals surface area (Å²) >= 11 is 0. The molecule has 0 unspecified atom stereocenters. The normalized spacial score (nSPS) is 12.2. The number of anilines is 2. The fraction of sp³-hybridized carbons (Fsp3) is 0.240. The predicted molar refractivity (Wildman–Crippen MR) is 132 cm³/mol. The van der Waals surface area contributed by atoms with Gasteiger partial charge in [-0.25, -0.2) is 4.98 Å². The van der Waals surface area contributed by atoms with Crippen LogP contribution < -0.4 is 10.5 Å². The maximum absolute atomic E-state index is 12.9. The van der Waals surface area contributed by atoms with Crippen molar-refractivity contribution in [3.05, 3.63) is 78.1 Å². The summed E-state index contributed by atoms with van der Waals surface area (Å²) in [4.78, 5) is 4.77. The van der Waals surface area contributed by atoms with Crippen LogP contribution in [0.2, 0.25) is 0 Å². The van der Waals surface area contributed by atoms with Gasteiger partial charge in [0.2, 0.25) is 0 Å². The zero-order chi connectivity index (χ0) is 25.2. The highest BCUT2D eigenvalue weighted by atomic mass is 32.2. The third kappa shape index (κ3) is 5.27. The molecule has 10 heteroatoms. The lowest BCUT2D eigenvalue weighted by atomic mass is 10.0. The fourth-order valence-electron chi connectivity index (χ4n) is 3.89. The second kappa shape index (κ2) is 9.61. The third-order valence-corrected chi connectivity index (χ3v) is 6.79. The van der Waals surface area contributed by atoms with Gasteiger partial charge >= 0.3 is 15.5 Å². The Balaban J connectivity index is 1.64. The van der Waals surface area contributed by atoms with Crippen molar-refractivity contribution in [1.29, 1.82) is 0 Å². The first-order valence-corrected chi connectivity index (χ1v) is 12.6. The Morgan fingerprint density at radius 3 is 2.43 bits per heavy atom. The summed E-state index contributed by atoms with van der Waals surface area (Å²) in [7, 11) is -5.53. The van der Waals surface area contributed by atoms with Crippen LogP contribution in [-0.2, 0) is 23.0 Å². The Hall–Kier alpha value is -3.53. The van der Waals surface area contributed by atoms with Crippen LogP contribution in [0.4, 0.5) is 24.5 Å². The molecule has 0 saturated heterocycles. The number of hydrogen-bond donors (Lipinski definition) is 2. The van der Waals surface area contributed by atoms with Gasteiger partial charge in [-0.2, -0.15) is 21.6 Å². The van der Waals surface area contributed by atoms with Crippen LogP contribution in [0.1, 0.15) is 31.2 Å². The van der Waals surface area contributed by atoms with Crippen LogP contribution in [0, 0.1) is 0 Å². The number of sulfonamides is 1. The van der Waals surface area contributed by atoms with Crippen molar-refractivity contribution < 1.29 is 21.6 Å². The Labute approximate surface area is 201 Å². The lowest BCUT2D eigenvalue weighted by Crippen LogP contribution is -2.30. The van der Waals surface area contributed by atoms with Crippen molar-refractivity contribution in [1.82, 2.24) is 9.55 Å². The number of imidazole rings is 1. The monoisotopic (exact) mass is 502 g/mol. The highest BCUT2D eigenvalue weighted by Gasteiger charge is 2.46. The SMILES string of the molecule is CCCCc1nc2ccc(N)cc2n1Cc1ccc(-c2ccccc2NS(=O)(=O)C(F)(F)F)cc1. The van der Waals surface area contributed by atoms with Gasteiger partial charge in [-0.3, -0.25) is 4.72 Å². The summed E-state index contributed by atoms with van der Waals surface area (Å²) in [5.41, 5.74) is 4.79. The largest absolute Gasteiger partial charge is 0.516 e. The van der Waals surface area contributed by atoms with Crippen LogP contribution in [0.15, 0.2) is 66.7 Å². The molecule has 0 atom stereocenters. The zero-order valence-corrected chi connectivity index (χ0v) is 19.8. The lowest BCUT2D eigenvalue weighted by Gasteiger charge is -2.15. The smallest absolute Gasteiger partial charge is 0.399 e. The van der Waals surface area contributed by atoms with Gasteiger partial charge < -0.3 is 10.3 Å². The molecular weight excluding hydrogens is 477 g/mol. The van der Waals surface area contributed by atoms with E-state index in [0.717, 1.165) is 41.7 Å². The molecule has 0 fully saturated rings. The van der Waals surface area contributed by atoms with E-state index >= 15 is 0 Å². The Morgan fingerprint density at radius 2 is 1.74 bits per heavy atom. The first-order valence-electron chi connectivity index (χ1n) is 11.1. The molecule has 1 heterocycles. The summed E-state index contributed by atoms with van der Waals surface area (Å²) in [6, 6.07) is 18.8. The molecule has 0 radical (unpaired) electrons. The molecule has 4 aromatic rings. The fourth-order valence-corrected chi connectivity index (χ4v) is 4.47. The van der Waals surface area contributed by atoms with E-state index in [1.165, 1.54) is 12.1 Å². The molecule has 1 aromatic heterocycles. The van der Waals surface area contributed by atoms with Gasteiger partial charge in [0.1, 0.15) is 5.82 Å². The molecule has 0 aliphatic heterocycles. The van der Waals surface area contributed by atoms with Crippen LogP contribution in [0.3, 0.4) is 0 Å². The van der Waals surface area contributed by atoms with E-state index in [9.17, 15) is 21.6 Å². The summed E-state index contributed by atoms with van der Waals surface area (Å²) in [5, 5.41) is 0. The molecule has 35 heavy (non-hydrogen) atoms. The second-order valence-electron chi connectivity index (χ2n) is 8.26. The first-order chi connectivity index (χ1) is 16.6. The average molecular weight is 503 g/mol. The standard InChI is InChI=1S/C25H25F3N4O2S/c1-2-3-8-24-30-22-14-13-19(29)15-23(22)32(24)16-17-9-11-18(12-10-17)20-6-4-5-7-21(20)31-35(33,34)25(26,27)28/h4-7,9-15,31H,2-3,8,16,29H2,1H3. The van der Waals surface area contributed by atoms with E-state index in [4.69, 9.17) is 10.7 Å². The first kappa shape index (κ1) is 24.6. The molecular formula is C25H25F3N4O2S. The van der Waals surface area contributed by atoms with E-state index in [0.29, 0.717) is 23.4 Å². The summed E-state index contributed by atoms with van der Waals surface area (Å²) < 4.78 is 65.6. The number of nitrogens with zero attached hydrogens (tertiary/aromatic N) is 2. The number of rotatable bonds is 8. The third-order valence-electron chi connectivity index (χ3n) is 5.69. The van der Waals surface area contributed by atoms with Gasteiger partial charge in [0.15, 0.2) is 0 Å². The minimum absolute atomic E-state index is 0.143. The molecule has 0 aliphatic carbocycles. The van der Waals surface area contributed by atoms with Gasteiger partial charge in [-0.1, -0.05) is 55.8 Å². The van der Waals surface area contributed by atoms with Crippen molar-refractivity contribution in [2.75, 3.05) is 10.5 Å². The van der Waals surface area contributed by atoms with Gasteiger partial charge in [0.05, 0.1) is 16.7 Å². The number of nitrogens with two attached hydrogens (primary N) is 1. The Morgan fingerprint density at radius 1 is 1.03 bits per heavy atom. The van der Waals surface area contributed by atoms with Crippen molar-refractivity contribution in [2.24, 2.45) is 0 Å². The Bertz CT molecular complexity index is 1450. The number of unbranched alkanes of at least 4 members (excludes halogenated alkanes) is 1. The number of aryl methyl sites for hydroxylation is 1. The van der Waals surface area contributed by atoms with Crippen LogP contribution >= 0.6 is 0 Å². The number of nitrogen functional groups attached to an aromatic ring is 1. The molecule has 0 spiro atoms. The number of alkyl halides is 3. The molecule has 3 N–H and O–H groups in total. The molecule has 6 nitrogen and oxygen atoms in total. The molecule has 0 amide bonds. The summed E-state index contributed by atoms with van der Waals surface area (Å²) in [5.74, 6) is 0.962. The topological polar surface area (TPSA) is 90.0 Å². The molecule has 0 saturated carbocycles. The number of nitrogens with one attached hydrogen (secondary N) is 1. The number of hydrogen-bond acceptors (Lipinski definition) is 4. The zero-order valence-electron chi connectivity index (χ0n) is 19.0. The summed E-state index contributed by atoms with van der Waals surface area (Å²) in [6.45, 7) is 2.66. The van der Waals surface area contributed by atoms with E-state index in [-0.39, 0.29) is 5.69 Å². The van der Waals surface area contributed by atoms with E-state index < -0.39 is 15.5 Å². The number of para-hydroxylation sites is 1. The van der Waals surface area contributed by atoms with Gasteiger partial charge in [0.25, 0.3) is 0 Å². The van der Waals surface area contributed by atoms with E-state index in [1.807, 2.05) is 30.3 Å². The van der Waals surface area contributed by atoms with Gasteiger partial charge in [-0.15, -0.1) is 0 Å². The predicted octanol–water partition coefficient (Wildman–Crippen LogP) is 5.94. The van der Waals surface area contributed by atoms with Crippen LogP contribution in [0.5, 0.6) is 0 Å². The quantitative estimate of drug-likeness (QED) is 0.292. The van der Waals surface area contributed by atoms with Gasteiger partial charge in [-0.05, 0) is 41.8 Å². The van der Waals surface area contributed by atoms with Crippen molar-refractivity contribution in [3.63, 3.8) is 0 Å². The molecule has 0 bridgehead atoms. The number of aromatic nitrogens is 2. The highest BCUT2D eigenvalue weighted by molar-refractivity contribution is 7.93. The maximum Gasteiger partial charge on any atom is 0.516 e. The minimum Gasteiger partial charge on any atom is -0.399 e. The van der Waals surface area contributed by atoms with Crippen molar-refractivity contribution in [2.45, 2.75) is 38.2 Å². The van der Waals surface area contributed by atoms with Crippen molar-refractivity contribution >= 4 is 32.4 Å². The number of fused-ring (bicyclic) bond motifs is 1. The lowest BCUT2D eigenvalue weighted by molar-refractivity contribution is -0.0429. The molecule has 184 valence electrons. The minimum atomic E-state index is -5.53. The molecule has 3 aromatic carbocycles. The molecule has 4 rings (SSSR count). The maximum atomic E-state index is 12.9. The van der Waals surface area contributed by atoms with E-state index in [1.54, 1.807) is 29.0 Å². The van der Waals surface area contributed by atoms with Crippen LogP contribution in [-0.4, -0.2) is 23.5 Å².